The van der Waals surface area contributed by atoms with Crippen LogP contribution in [-0.2, 0) is 6.54 Å². The molecule has 0 fully saturated rings. The van der Waals surface area contributed by atoms with Gasteiger partial charge in [-0.1, -0.05) is 18.2 Å². The lowest BCUT2D eigenvalue weighted by atomic mass is 10.0. The first-order chi connectivity index (χ1) is 6.75. The quantitative estimate of drug-likeness (QED) is 0.748. The van der Waals surface area contributed by atoms with Crippen LogP contribution in [0.15, 0.2) is 18.2 Å². The number of hydrogen-bond donors (Lipinski definition) is 1. The summed E-state index contributed by atoms with van der Waals surface area (Å²) in [5.41, 5.74) is 4.23. The van der Waals surface area contributed by atoms with E-state index in [1.54, 1.807) is 0 Å². The van der Waals surface area contributed by atoms with Gasteiger partial charge in [-0.2, -0.15) is 11.8 Å². The maximum absolute atomic E-state index is 3.46. The molecule has 78 valence electrons. The van der Waals surface area contributed by atoms with Gasteiger partial charge in [-0.3, -0.25) is 0 Å². The highest BCUT2D eigenvalue weighted by Crippen LogP contribution is 2.12. The van der Waals surface area contributed by atoms with E-state index in [-0.39, 0.29) is 0 Å². The van der Waals surface area contributed by atoms with Crippen molar-refractivity contribution in [3.63, 3.8) is 0 Å². The Balaban J connectivity index is 2.49. The van der Waals surface area contributed by atoms with Gasteiger partial charge in [0, 0.05) is 18.8 Å². The molecule has 1 aromatic rings. The standard InChI is InChI=1S/C12H19NS/c1-10-5-4-6-11(2)12(10)9-13-7-8-14-3/h4-6,13H,7-9H2,1-3H3. The predicted octanol–water partition coefficient (Wildman–Crippen LogP) is 2.76. The van der Waals surface area contributed by atoms with Crippen LogP contribution in [0.5, 0.6) is 0 Å². The predicted molar refractivity (Wildman–Crippen MR) is 66.0 cm³/mol. The van der Waals surface area contributed by atoms with Crippen LogP contribution in [0.4, 0.5) is 0 Å². The third-order valence-corrected chi connectivity index (χ3v) is 3.04. The normalized spacial score (nSPS) is 10.5. The summed E-state index contributed by atoms with van der Waals surface area (Å²) in [6.45, 7) is 6.45. The Morgan fingerprint density at radius 3 is 2.43 bits per heavy atom. The van der Waals surface area contributed by atoms with E-state index in [4.69, 9.17) is 0 Å². The molecule has 0 atom stereocenters. The van der Waals surface area contributed by atoms with Crippen LogP contribution in [0, 0.1) is 13.8 Å². The molecular weight excluding hydrogens is 190 g/mol. The number of nitrogens with one attached hydrogen (secondary N) is 1. The molecule has 1 aromatic carbocycles. The lowest BCUT2D eigenvalue weighted by Gasteiger charge is -2.10. The van der Waals surface area contributed by atoms with Gasteiger partial charge in [0.25, 0.3) is 0 Å². The lowest BCUT2D eigenvalue weighted by Crippen LogP contribution is -2.17. The Labute approximate surface area is 91.3 Å². The summed E-state index contributed by atoms with van der Waals surface area (Å²) in [5.74, 6) is 1.19. The minimum Gasteiger partial charge on any atom is -0.312 e. The summed E-state index contributed by atoms with van der Waals surface area (Å²) in [5, 5.41) is 3.46. The number of aryl methyl sites for hydroxylation is 2. The zero-order chi connectivity index (χ0) is 10.4. The lowest BCUT2D eigenvalue weighted by molar-refractivity contribution is 0.725. The van der Waals surface area contributed by atoms with Gasteiger partial charge in [0.1, 0.15) is 0 Å². The van der Waals surface area contributed by atoms with Crippen LogP contribution in [0.3, 0.4) is 0 Å². The van der Waals surface area contributed by atoms with E-state index in [0.29, 0.717) is 0 Å². The molecule has 1 N–H and O–H groups in total. The molecule has 0 aliphatic carbocycles. The molecule has 0 spiro atoms. The van der Waals surface area contributed by atoms with Crippen molar-refractivity contribution in [2.24, 2.45) is 0 Å². The summed E-state index contributed by atoms with van der Waals surface area (Å²) < 4.78 is 0. The molecule has 0 aliphatic rings. The van der Waals surface area contributed by atoms with E-state index in [9.17, 15) is 0 Å². The first-order valence-electron chi connectivity index (χ1n) is 5.00. The van der Waals surface area contributed by atoms with Gasteiger partial charge in [-0.15, -0.1) is 0 Å². The fourth-order valence-corrected chi connectivity index (χ4v) is 1.86. The van der Waals surface area contributed by atoms with E-state index in [0.717, 1.165) is 13.1 Å². The average Bonchev–Trinajstić information content (AvgIpc) is 2.16. The van der Waals surface area contributed by atoms with Crippen LogP contribution in [-0.4, -0.2) is 18.6 Å². The molecule has 1 nitrogen and oxygen atoms in total. The smallest absolute Gasteiger partial charge is 0.0211 e. The summed E-state index contributed by atoms with van der Waals surface area (Å²) in [4.78, 5) is 0. The molecule has 0 heterocycles. The summed E-state index contributed by atoms with van der Waals surface area (Å²) >= 11 is 1.88. The topological polar surface area (TPSA) is 12.0 Å². The summed E-state index contributed by atoms with van der Waals surface area (Å²) in [6, 6.07) is 6.48. The number of rotatable bonds is 5. The van der Waals surface area contributed by atoms with Gasteiger partial charge in [-0.25, -0.2) is 0 Å². The van der Waals surface area contributed by atoms with E-state index in [1.165, 1.54) is 22.4 Å². The van der Waals surface area contributed by atoms with Crippen molar-refractivity contribution in [1.82, 2.24) is 5.32 Å². The molecule has 0 saturated carbocycles. The largest absolute Gasteiger partial charge is 0.312 e. The maximum Gasteiger partial charge on any atom is 0.0211 e. The molecular formula is C12H19NS. The average molecular weight is 209 g/mol. The van der Waals surface area contributed by atoms with Crippen LogP contribution in [0.2, 0.25) is 0 Å². The Bertz CT molecular complexity index is 263. The maximum atomic E-state index is 3.46. The van der Waals surface area contributed by atoms with Gasteiger partial charge >= 0.3 is 0 Å². The van der Waals surface area contributed by atoms with Crippen molar-refractivity contribution in [2.75, 3.05) is 18.6 Å². The van der Waals surface area contributed by atoms with Gasteiger partial charge < -0.3 is 5.32 Å². The van der Waals surface area contributed by atoms with Crippen molar-refractivity contribution in [1.29, 1.82) is 0 Å². The SMILES string of the molecule is CSCCNCc1c(C)cccc1C. The number of hydrogen-bond acceptors (Lipinski definition) is 2. The van der Waals surface area contributed by atoms with Crippen LogP contribution in [0.25, 0.3) is 0 Å². The minimum absolute atomic E-state index is 0.999. The van der Waals surface area contributed by atoms with E-state index < -0.39 is 0 Å². The second kappa shape index (κ2) is 6.10. The Morgan fingerprint density at radius 1 is 1.21 bits per heavy atom. The minimum atomic E-state index is 0.999. The van der Waals surface area contributed by atoms with Gasteiger partial charge in [0.15, 0.2) is 0 Å². The first-order valence-corrected chi connectivity index (χ1v) is 6.40. The molecule has 14 heavy (non-hydrogen) atoms. The molecule has 1 rings (SSSR count). The molecule has 0 amide bonds. The fourth-order valence-electron chi connectivity index (χ4n) is 1.52. The zero-order valence-electron chi connectivity index (χ0n) is 9.26. The van der Waals surface area contributed by atoms with Gasteiger partial charge in [0.2, 0.25) is 0 Å². The van der Waals surface area contributed by atoms with Crippen molar-refractivity contribution in [3.8, 4) is 0 Å². The highest BCUT2D eigenvalue weighted by atomic mass is 32.2. The Hall–Kier alpha value is -0.470. The second-order valence-corrected chi connectivity index (χ2v) is 4.53. The Morgan fingerprint density at radius 2 is 1.86 bits per heavy atom. The highest BCUT2D eigenvalue weighted by molar-refractivity contribution is 7.98. The van der Waals surface area contributed by atoms with Gasteiger partial charge in [-0.05, 0) is 36.8 Å². The van der Waals surface area contributed by atoms with Crippen LogP contribution in [0.1, 0.15) is 16.7 Å². The molecule has 2 heteroatoms. The zero-order valence-corrected chi connectivity index (χ0v) is 10.1. The number of thioether (sulfide) groups is 1. The van der Waals surface area contributed by atoms with E-state index in [1.807, 2.05) is 11.8 Å². The van der Waals surface area contributed by atoms with Crippen molar-refractivity contribution >= 4 is 11.8 Å². The number of benzene rings is 1. The van der Waals surface area contributed by atoms with Crippen molar-refractivity contribution in [2.45, 2.75) is 20.4 Å². The monoisotopic (exact) mass is 209 g/mol. The van der Waals surface area contributed by atoms with E-state index in [2.05, 4.69) is 43.6 Å². The molecule has 0 bridgehead atoms. The summed E-state index contributed by atoms with van der Waals surface area (Å²) in [6.07, 6.45) is 2.14. The van der Waals surface area contributed by atoms with Crippen LogP contribution < -0.4 is 5.32 Å². The first kappa shape index (κ1) is 11.6. The fraction of sp³-hybridized carbons (Fsp3) is 0.500. The third kappa shape index (κ3) is 3.35. The van der Waals surface area contributed by atoms with Crippen molar-refractivity contribution < 1.29 is 0 Å². The van der Waals surface area contributed by atoms with Crippen LogP contribution >= 0.6 is 11.8 Å². The van der Waals surface area contributed by atoms with E-state index >= 15 is 0 Å². The molecule has 0 saturated heterocycles. The summed E-state index contributed by atoms with van der Waals surface area (Å²) in [7, 11) is 0. The molecule has 0 aliphatic heterocycles. The van der Waals surface area contributed by atoms with Gasteiger partial charge in [0.05, 0.1) is 0 Å². The second-order valence-electron chi connectivity index (χ2n) is 3.54. The Kier molecular flexibility index (Phi) is 5.05. The third-order valence-electron chi connectivity index (χ3n) is 2.43. The highest BCUT2D eigenvalue weighted by Gasteiger charge is 2.00. The molecule has 0 radical (unpaired) electrons. The molecule has 0 unspecified atom stereocenters. The molecule has 0 aromatic heterocycles. The van der Waals surface area contributed by atoms with Crippen molar-refractivity contribution in [3.05, 3.63) is 34.9 Å².